The lowest BCUT2D eigenvalue weighted by atomic mass is 10.2. The zero-order valence-corrected chi connectivity index (χ0v) is 11.9. The number of carbonyl (C=O) groups is 1. The van der Waals surface area contributed by atoms with Gasteiger partial charge in [-0.1, -0.05) is 35.4 Å². The highest BCUT2D eigenvalue weighted by molar-refractivity contribution is 14.1. The number of halogens is 2. The van der Waals surface area contributed by atoms with Crippen LogP contribution in [0.15, 0.2) is 16.5 Å². The number of alkyl halides is 1. The summed E-state index contributed by atoms with van der Waals surface area (Å²) in [6.07, 6.45) is 4.65. The lowest BCUT2D eigenvalue weighted by Gasteiger charge is -2.02. The van der Waals surface area contributed by atoms with Crippen molar-refractivity contribution in [2.24, 2.45) is 0 Å². The summed E-state index contributed by atoms with van der Waals surface area (Å²) >= 11 is 7.95. The van der Waals surface area contributed by atoms with Crippen molar-refractivity contribution in [1.29, 1.82) is 0 Å². The summed E-state index contributed by atoms with van der Waals surface area (Å²) in [6, 6.07) is 3.14. The van der Waals surface area contributed by atoms with Crippen LogP contribution in [0.25, 0.3) is 0 Å². The van der Waals surface area contributed by atoms with Crippen LogP contribution in [0.2, 0.25) is 5.22 Å². The second-order valence-corrected chi connectivity index (χ2v) is 4.91. The first-order chi connectivity index (χ1) is 7.74. The highest BCUT2D eigenvalue weighted by Crippen LogP contribution is 2.12. The van der Waals surface area contributed by atoms with E-state index >= 15 is 0 Å². The van der Waals surface area contributed by atoms with Crippen LogP contribution in [0.5, 0.6) is 0 Å². The standard InChI is InChI=1S/C11H15ClINO2/c12-10-6-5-9(16-10)11(15)14-8-4-2-1-3-7-13/h5-6H,1-4,7-8H2,(H,14,15). The predicted octanol–water partition coefficient (Wildman–Crippen LogP) is 3.66. The van der Waals surface area contributed by atoms with E-state index in [2.05, 4.69) is 27.9 Å². The van der Waals surface area contributed by atoms with E-state index in [4.69, 9.17) is 16.0 Å². The molecule has 3 nitrogen and oxygen atoms in total. The molecule has 1 aromatic heterocycles. The molecule has 1 aromatic rings. The number of hydrogen-bond acceptors (Lipinski definition) is 2. The fourth-order valence-corrected chi connectivity index (χ4v) is 1.98. The average Bonchev–Trinajstić information content (AvgIpc) is 2.70. The zero-order chi connectivity index (χ0) is 11.8. The molecular weight excluding hydrogens is 340 g/mol. The molecule has 1 N–H and O–H groups in total. The van der Waals surface area contributed by atoms with Crippen molar-refractivity contribution < 1.29 is 9.21 Å². The first kappa shape index (κ1) is 13.8. The second-order valence-electron chi connectivity index (χ2n) is 3.46. The number of amides is 1. The monoisotopic (exact) mass is 355 g/mol. The van der Waals surface area contributed by atoms with Crippen LogP contribution >= 0.6 is 34.2 Å². The highest BCUT2D eigenvalue weighted by Gasteiger charge is 2.08. The van der Waals surface area contributed by atoms with Crippen LogP contribution in [0.3, 0.4) is 0 Å². The quantitative estimate of drug-likeness (QED) is 0.461. The van der Waals surface area contributed by atoms with E-state index in [9.17, 15) is 4.79 Å². The van der Waals surface area contributed by atoms with Gasteiger partial charge in [-0.2, -0.15) is 0 Å². The first-order valence-electron chi connectivity index (χ1n) is 5.33. The van der Waals surface area contributed by atoms with Crippen LogP contribution in [0.4, 0.5) is 0 Å². The molecule has 0 aliphatic rings. The Kier molecular flexibility index (Phi) is 6.87. The van der Waals surface area contributed by atoms with Crippen LogP contribution in [0, 0.1) is 0 Å². The lowest BCUT2D eigenvalue weighted by Crippen LogP contribution is -2.23. The molecule has 5 heteroatoms. The van der Waals surface area contributed by atoms with E-state index in [-0.39, 0.29) is 16.9 Å². The number of unbranched alkanes of at least 4 members (excludes halogenated alkanes) is 3. The average molecular weight is 356 g/mol. The summed E-state index contributed by atoms with van der Waals surface area (Å²) in [4.78, 5) is 11.5. The van der Waals surface area contributed by atoms with Crippen molar-refractivity contribution in [2.45, 2.75) is 25.7 Å². The molecule has 1 amide bonds. The molecule has 0 saturated carbocycles. The third-order valence-corrected chi connectivity index (χ3v) is 3.11. The van der Waals surface area contributed by atoms with Crippen molar-refractivity contribution in [1.82, 2.24) is 5.32 Å². The van der Waals surface area contributed by atoms with Crippen molar-refractivity contribution in [3.8, 4) is 0 Å². The Bertz CT molecular complexity index is 328. The number of nitrogens with one attached hydrogen (secondary N) is 1. The lowest BCUT2D eigenvalue weighted by molar-refractivity contribution is 0.0925. The van der Waals surface area contributed by atoms with Gasteiger partial charge in [0, 0.05) is 6.54 Å². The Morgan fingerprint density at radius 3 is 2.69 bits per heavy atom. The summed E-state index contributed by atoms with van der Waals surface area (Å²) in [6.45, 7) is 0.693. The Morgan fingerprint density at radius 2 is 2.06 bits per heavy atom. The van der Waals surface area contributed by atoms with Gasteiger partial charge in [0.15, 0.2) is 11.0 Å². The fourth-order valence-electron chi connectivity index (χ4n) is 1.30. The molecule has 0 aliphatic heterocycles. The molecule has 0 radical (unpaired) electrons. The molecule has 0 aliphatic carbocycles. The van der Waals surface area contributed by atoms with Gasteiger partial charge in [0.1, 0.15) is 0 Å². The summed E-state index contributed by atoms with van der Waals surface area (Å²) in [7, 11) is 0. The zero-order valence-electron chi connectivity index (χ0n) is 8.97. The molecule has 0 aromatic carbocycles. The smallest absolute Gasteiger partial charge is 0.287 e. The van der Waals surface area contributed by atoms with Crippen molar-refractivity contribution in [2.75, 3.05) is 11.0 Å². The molecule has 0 unspecified atom stereocenters. The fraction of sp³-hybridized carbons (Fsp3) is 0.545. The van der Waals surface area contributed by atoms with Crippen LogP contribution in [0.1, 0.15) is 36.2 Å². The van der Waals surface area contributed by atoms with Crippen molar-refractivity contribution >= 4 is 40.1 Å². The molecule has 1 rings (SSSR count). The normalized spacial score (nSPS) is 10.4. The van der Waals surface area contributed by atoms with Crippen LogP contribution < -0.4 is 5.32 Å². The molecule has 0 saturated heterocycles. The summed E-state index contributed by atoms with van der Waals surface area (Å²) in [5.41, 5.74) is 0. The van der Waals surface area contributed by atoms with E-state index in [1.54, 1.807) is 12.1 Å². The van der Waals surface area contributed by atoms with Gasteiger partial charge in [-0.25, -0.2) is 0 Å². The van der Waals surface area contributed by atoms with Crippen LogP contribution in [-0.4, -0.2) is 16.9 Å². The van der Waals surface area contributed by atoms with Gasteiger partial charge in [-0.15, -0.1) is 0 Å². The Hall–Kier alpha value is -0.230. The van der Waals surface area contributed by atoms with Gasteiger partial charge in [0.25, 0.3) is 5.91 Å². The summed E-state index contributed by atoms with van der Waals surface area (Å²) in [5.74, 6) is 0.0815. The minimum Gasteiger partial charge on any atom is -0.440 e. The number of furan rings is 1. The first-order valence-corrected chi connectivity index (χ1v) is 7.24. The van der Waals surface area contributed by atoms with Crippen LogP contribution in [-0.2, 0) is 0 Å². The third kappa shape index (κ3) is 5.21. The van der Waals surface area contributed by atoms with Gasteiger partial charge in [-0.3, -0.25) is 4.79 Å². The Balaban J connectivity index is 2.11. The van der Waals surface area contributed by atoms with Gasteiger partial charge in [-0.05, 0) is 41.0 Å². The highest BCUT2D eigenvalue weighted by atomic mass is 127. The molecule has 0 atom stereocenters. The van der Waals surface area contributed by atoms with E-state index in [1.807, 2.05) is 0 Å². The maximum Gasteiger partial charge on any atom is 0.287 e. The Morgan fingerprint density at radius 1 is 1.31 bits per heavy atom. The maximum absolute atomic E-state index is 11.5. The molecule has 0 fully saturated rings. The van der Waals surface area contributed by atoms with E-state index < -0.39 is 0 Å². The van der Waals surface area contributed by atoms with E-state index in [1.165, 1.54) is 17.3 Å². The maximum atomic E-state index is 11.5. The third-order valence-electron chi connectivity index (χ3n) is 2.14. The van der Waals surface area contributed by atoms with Gasteiger partial charge in [0.2, 0.25) is 0 Å². The van der Waals surface area contributed by atoms with E-state index in [0.29, 0.717) is 6.54 Å². The summed E-state index contributed by atoms with van der Waals surface area (Å²) < 4.78 is 6.20. The number of carbonyl (C=O) groups excluding carboxylic acids is 1. The molecule has 90 valence electrons. The van der Waals surface area contributed by atoms with E-state index in [0.717, 1.165) is 12.8 Å². The SMILES string of the molecule is O=C(NCCCCCCI)c1ccc(Cl)o1. The number of rotatable bonds is 7. The van der Waals surface area contributed by atoms with Gasteiger partial charge < -0.3 is 9.73 Å². The topological polar surface area (TPSA) is 42.2 Å². The Labute approximate surface area is 114 Å². The second kappa shape index (κ2) is 7.95. The van der Waals surface area contributed by atoms with Crippen molar-refractivity contribution in [3.05, 3.63) is 23.1 Å². The minimum absolute atomic E-state index is 0.194. The molecule has 0 bridgehead atoms. The summed E-state index contributed by atoms with van der Waals surface area (Å²) in [5, 5.41) is 3.04. The molecule has 1 heterocycles. The number of hydrogen-bond donors (Lipinski definition) is 1. The minimum atomic E-state index is -0.194. The largest absolute Gasteiger partial charge is 0.440 e. The molecule has 16 heavy (non-hydrogen) atoms. The van der Waals surface area contributed by atoms with Crippen molar-refractivity contribution in [3.63, 3.8) is 0 Å². The molecular formula is C11H15ClINO2. The van der Waals surface area contributed by atoms with Gasteiger partial charge in [0.05, 0.1) is 0 Å². The molecule has 0 spiro atoms. The predicted molar refractivity (Wildman–Crippen MR) is 73.4 cm³/mol. The van der Waals surface area contributed by atoms with Gasteiger partial charge >= 0.3 is 0 Å².